The Labute approximate surface area is 214 Å². The molecular weight excluding hydrogens is 490 g/mol. The van der Waals surface area contributed by atoms with Crippen LogP contribution in [-0.4, -0.2) is 104 Å². The van der Waals surface area contributed by atoms with Crippen LogP contribution in [0.25, 0.3) is 0 Å². The summed E-state index contributed by atoms with van der Waals surface area (Å²) in [5, 5.41) is 11.8. The topological polar surface area (TPSA) is 155 Å². The number of thioether (sulfide) groups is 1. The first-order valence-electron chi connectivity index (χ1n) is 12.3. The summed E-state index contributed by atoms with van der Waals surface area (Å²) in [7, 11) is 0. The summed E-state index contributed by atoms with van der Waals surface area (Å²) in [6.45, 7) is 2.27. The van der Waals surface area contributed by atoms with Crippen LogP contribution in [-0.2, 0) is 28.7 Å². The number of nitrogens with one attached hydrogen (secondary N) is 4. The third kappa shape index (κ3) is 9.10. The summed E-state index contributed by atoms with van der Waals surface area (Å²) in [4.78, 5) is 58.9. The fourth-order valence-electron chi connectivity index (χ4n) is 4.16. The van der Waals surface area contributed by atoms with Gasteiger partial charge in [0.05, 0.1) is 38.5 Å². The molecule has 12 nitrogen and oxygen atoms in total. The molecule has 0 spiro atoms. The lowest BCUT2D eigenvalue weighted by molar-refractivity contribution is -0.137. The second-order valence-corrected chi connectivity index (χ2v) is 9.98. The van der Waals surface area contributed by atoms with Crippen molar-refractivity contribution in [3.63, 3.8) is 0 Å². The molecule has 4 N–H and O–H groups in total. The number of hydrogen-bond acceptors (Lipinski definition) is 8. The van der Waals surface area contributed by atoms with Crippen molar-refractivity contribution in [1.29, 1.82) is 0 Å². The molecule has 2 saturated heterocycles. The van der Waals surface area contributed by atoms with Crippen molar-refractivity contribution >= 4 is 41.4 Å². The number of imide groups is 1. The van der Waals surface area contributed by atoms with Crippen LogP contribution in [0.5, 0.6) is 0 Å². The van der Waals surface area contributed by atoms with E-state index >= 15 is 0 Å². The Balaban J connectivity index is 1.06. The number of carbonyl (C=O) groups excluding carboxylic acids is 5. The summed E-state index contributed by atoms with van der Waals surface area (Å²) in [5.41, 5.74) is 0. The van der Waals surface area contributed by atoms with E-state index in [0.29, 0.717) is 51.2 Å². The van der Waals surface area contributed by atoms with E-state index in [1.54, 1.807) is 0 Å². The van der Waals surface area contributed by atoms with Gasteiger partial charge in [-0.1, -0.05) is 6.42 Å². The Morgan fingerprint density at radius 2 is 1.56 bits per heavy atom. The fourth-order valence-corrected chi connectivity index (χ4v) is 5.71. The summed E-state index contributed by atoms with van der Waals surface area (Å²) < 4.78 is 10.8. The molecule has 3 aliphatic rings. The number of fused-ring (bicyclic) bond motifs is 1. The van der Waals surface area contributed by atoms with Crippen LogP contribution in [0.4, 0.5) is 4.79 Å². The minimum Gasteiger partial charge on any atom is -0.377 e. The molecule has 0 aliphatic carbocycles. The lowest BCUT2D eigenvalue weighted by atomic mass is 10.0. The van der Waals surface area contributed by atoms with Gasteiger partial charge in [0.25, 0.3) is 11.8 Å². The highest BCUT2D eigenvalue weighted by atomic mass is 32.2. The molecule has 36 heavy (non-hydrogen) atoms. The quantitative estimate of drug-likeness (QED) is 0.110. The van der Waals surface area contributed by atoms with Crippen LogP contribution in [0.1, 0.15) is 32.1 Å². The Hall–Kier alpha value is -2.64. The van der Waals surface area contributed by atoms with Gasteiger partial charge in [-0.05, 0) is 12.8 Å². The molecule has 0 saturated carbocycles. The van der Waals surface area contributed by atoms with Crippen LogP contribution in [0.2, 0.25) is 0 Å². The number of unbranched alkanes of at least 4 members (excludes halogenated alkanes) is 1. The Bertz CT molecular complexity index is 822. The van der Waals surface area contributed by atoms with Crippen molar-refractivity contribution in [3.8, 4) is 0 Å². The highest BCUT2D eigenvalue weighted by Crippen LogP contribution is 2.33. The van der Waals surface area contributed by atoms with Gasteiger partial charge in [0.1, 0.15) is 0 Å². The molecule has 0 unspecified atom stereocenters. The molecule has 6 amide bonds. The lowest BCUT2D eigenvalue weighted by Gasteiger charge is -2.16. The van der Waals surface area contributed by atoms with E-state index in [1.807, 2.05) is 11.8 Å². The van der Waals surface area contributed by atoms with E-state index in [0.717, 1.165) is 29.9 Å². The average molecular weight is 526 g/mol. The molecule has 0 aromatic carbocycles. The standard InChI is InChI=1S/C23H35N5O7S/c29-18(4-2-1-3-17-22-16(15-36-17)26-23(33)27-22)24-8-11-34-13-14-35-12-9-25-19(30)7-10-28-20(31)5-6-21(28)32/h5-6,16-17,22H,1-4,7-15H2,(H,24,29)(H,25,30)(H2,26,27,33)/t16-,17-,22+/m0/s1. The summed E-state index contributed by atoms with van der Waals surface area (Å²) in [6.07, 6.45) is 5.67. The summed E-state index contributed by atoms with van der Waals surface area (Å²) in [6, 6.07) is 0.368. The minimum absolute atomic E-state index is 0.00750. The number of nitrogens with zero attached hydrogens (tertiary/aromatic N) is 1. The van der Waals surface area contributed by atoms with Crippen LogP contribution in [0, 0.1) is 0 Å². The van der Waals surface area contributed by atoms with Gasteiger partial charge >= 0.3 is 6.03 Å². The SMILES string of the molecule is O=C(CCCC[C@@H]1SC[C@@H]2NC(=O)N[C@H]21)NCCOCCOCCNC(=O)CCN1C(=O)C=CC1=O. The van der Waals surface area contributed by atoms with Gasteiger partial charge in [-0.3, -0.25) is 24.1 Å². The Morgan fingerprint density at radius 1 is 0.917 bits per heavy atom. The average Bonchev–Trinajstić information content (AvgIpc) is 3.50. The number of ether oxygens (including phenoxy) is 2. The van der Waals surface area contributed by atoms with Crippen molar-refractivity contribution in [2.24, 2.45) is 0 Å². The predicted octanol–water partition coefficient (Wildman–Crippen LogP) is -0.707. The molecule has 3 aliphatic heterocycles. The highest BCUT2D eigenvalue weighted by Gasteiger charge is 2.42. The maximum atomic E-state index is 11.9. The summed E-state index contributed by atoms with van der Waals surface area (Å²) >= 11 is 1.88. The van der Waals surface area contributed by atoms with Crippen molar-refractivity contribution < 1.29 is 33.4 Å². The first-order valence-corrected chi connectivity index (χ1v) is 13.4. The van der Waals surface area contributed by atoms with Crippen LogP contribution < -0.4 is 21.3 Å². The zero-order chi connectivity index (χ0) is 25.8. The van der Waals surface area contributed by atoms with Gasteiger partial charge in [0.15, 0.2) is 0 Å². The second-order valence-electron chi connectivity index (χ2n) is 8.70. The maximum Gasteiger partial charge on any atom is 0.315 e. The van der Waals surface area contributed by atoms with Gasteiger partial charge in [-0.15, -0.1) is 0 Å². The number of carbonyl (C=O) groups is 5. The summed E-state index contributed by atoms with van der Waals surface area (Å²) in [5.74, 6) is -0.107. The Morgan fingerprint density at radius 3 is 2.22 bits per heavy atom. The zero-order valence-corrected chi connectivity index (χ0v) is 21.1. The minimum atomic E-state index is -0.400. The van der Waals surface area contributed by atoms with E-state index in [2.05, 4.69) is 21.3 Å². The third-order valence-electron chi connectivity index (χ3n) is 6.05. The fraction of sp³-hybridized carbons (Fsp3) is 0.696. The molecule has 200 valence electrons. The van der Waals surface area contributed by atoms with Gasteiger partial charge in [0.2, 0.25) is 11.8 Å². The molecule has 3 rings (SSSR count). The molecule has 13 heteroatoms. The van der Waals surface area contributed by atoms with E-state index in [9.17, 15) is 24.0 Å². The van der Waals surface area contributed by atoms with Crippen molar-refractivity contribution in [1.82, 2.24) is 26.2 Å². The smallest absolute Gasteiger partial charge is 0.315 e. The highest BCUT2D eigenvalue weighted by molar-refractivity contribution is 8.00. The molecule has 0 aromatic rings. The van der Waals surface area contributed by atoms with Crippen molar-refractivity contribution in [2.75, 3.05) is 51.8 Å². The second kappa shape index (κ2) is 14.8. The normalized spacial score (nSPS) is 22.5. The zero-order valence-electron chi connectivity index (χ0n) is 20.3. The van der Waals surface area contributed by atoms with Crippen molar-refractivity contribution in [3.05, 3.63) is 12.2 Å². The lowest BCUT2D eigenvalue weighted by Crippen LogP contribution is -2.36. The Kier molecular flexibility index (Phi) is 11.5. The van der Waals surface area contributed by atoms with E-state index in [1.165, 1.54) is 12.2 Å². The molecule has 0 aromatic heterocycles. The molecule has 0 radical (unpaired) electrons. The molecule has 3 atom stereocenters. The van der Waals surface area contributed by atoms with E-state index in [4.69, 9.17) is 9.47 Å². The van der Waals surface area contributed by atoms with Crippen molar-refractivity contribution in [2.45, 2.75) is 49.4 Å². The number of hydrogen-bond donors (Lipinski definition) is 4. The molecule has 3 heterocycles. The number of urea groups is 1. The predicted molar refractivity (Wildman–Crippen MR) is 132 cm³/mol. The number of rotatable bonds is 17. The number of amides is 6. The van der Waals surface area contributed by atoms with E-state index < -0.39 is 11.8 Å². The first kappa shape index (κ1) is 27.9. The van der Waals surface area contributed by atoms with E-state index in [-0.39, 0.29) is 42.9 Å². The van der Waals surface area contributed by atoms with Crippen LogP contribution >= 0.6 is 11.8 Å². The van der Waals surface area contributed by atoms with Crippen LogP contribution in [0.3, 0.4) is 0 Å². The largest absolute Gasteiger partial charge is 0.377 e. The third-order valence-corrected chi connectivity index (χ3v) is 7.56. The first-order chi connectivity index (χ1) is 17.4. The maximum absolute atomic E-state index is 11.9. The van der Waals surface area contributed by atoms with Crippen LogP contribution in [0.15, 0.2) is 12.2 Å². The van der Waals surface area contributed by atoms with Gasteiger partial charge in [-0.2, -0.15) is 11.8 Å². The van der Waals surface area contributed by atoms with Gasteiger partial charge in [0, 0.05) is 55.6 Å². The monoisotopic (exact) mass is 525 g/mol. The molecule has 0 bridgehead atoms. The van der Waals surface area contributed by atoms with Gasteiger partial charge in [-0.25, -0.2) is 4.79 Å². The van der Waals surface area contributed by atoms with Gasteiger partial charge < -0.3 is 30.7 Å². The molecule has 2 fully saturated rings. The molecular formula is C23H35N5O7S.